The Morgan fingerprint density at radius 3 is 1.22 bits per heavy atom. The maximum absolute atomic E-state index is 12.8. The summed E-state index contributed by atoms with van der Waals surface area (Å²) in [6.07, 6.45) is 67.0. The lowest BCUT2D eigenvalue weighted by atomic mass is 10.1. The van der Waals surface area contributed by atoms with Crippen LogP contribution in [0.4, 0.5) is 0 Å². The first-order chi connectivity index (χ1) is 29.6. The molecule has 0 aromatic heterocycles. The van der Waals surface area contributed by atoms with Gasteiger partial charge in [0, 0.05) is 19.4 Å². The minimum Gasteiger partial charge on any atom is -0.462 e. The van der Waals surface area contributed by atoms with E-state index in [1.54, 1.807) is 0 Å². The van der Waals surface area contributed by atoms with Crippen LogP contribution >= 0.6 is 0 Å². The van der Waals surface area contributed by atoms with E-state index in [1.807, 2.05) is 0 Å². The number of ether oxygens (including phenoxy) is 3. The summed E-state index contributed by atoms with van der Waals surface area (Å²) >= 11 is 0. The summed E-state index contributed by atoms with van der Waals surface area (Å²) < 4.78 is 17.3. The number of hydrogen-bond donors (Lipinski definition) is 0. The van der Waals surface area contributed by atoms with Crippen LogP contribution in [0.3, 0.4) is 0 Å². The zero-order valence-electron chi connectivity index (χ0n) is 39.2. The van der Waals surface area contributed by atoms with Crippen molar-refractivity contribution in [1.29, 1.82) is 0 Å². The number of rotatable bonds is 44. The molecule has 1 unspecified atom stereocenters. The lowest BCUT2D eigenvalue weighted by Crippen LogP contribution is -2.30. The summed E-state index contributed by atoms with van der Waals surface area (Å²) in [7, 11) is 0. The average Bonchev–Trinajstić information content (AvgIpc) is 3.25. The van der Waals surface area contributed by atoms with Crippen LogP contribution in [0.1, 0.15) is 213 Å². The fourth-order valence-corrected chi connectivity index (χ4v) is 6.45. The van der Waals surface area contributed by atoms with Crippen LogP contribution in [0.15, 0.2) is 97.2 Å². The summed E-state index contributed by atoms with van der Waals surface area (Å²) in [5.74, 6) is -0.462. The van der Waals surface area contributed by atoms with Crippen LogP contribution in [0.2, 0.25) is 0 Å². The molecule has 0 amide bonds. The lowest BCUT2D eigenvalue weighted by Gasteiger charge is -2.18. The van der Waals surface area contributed by atoms with Crippen LogP contribution in [0, 0.1) is 0 Å². The first-order valence-electron chi connectivity index (χ1n) is 24.8. The quantitative estimate of drug-likeness (QED) is 0.0348. The molecule has 0 aliphatic rings. The molecule has 0 saturated heterocycles. The number of esters is 2. The predicted molar refractivity (Wildman–Crippen MR) is 260 cm³/mol. The van der Waals surface area contributed by atoms with E-state index >= 15 is 0 Å². The van der Waals surface area contributed by atoms with Gasteiger partial charge in [-0.25, -0.2) is 0 Å². The van der Waals surface area contributed by atoms with Gasteiger partial charge in [-0.15, -0.1) is 0 Å². The van der Waals surface area contributed by atoms with Crippen LogP contribution < -0.4 is 0 Å². The Balaban J connectivity index is 4.37. The number of unbranched alkanes of at least 4 members (excludes halogenated alkanes) is 17. The van der Waals surface area contributed by atoms with Gasteiger partial charge < -0.3 is 14.2 Å². The molecule has 0 rings (SSSR count). The monoisotopic (exact) mass is 833 g/mol. The van der Waals surface area contributed by atoms with Crippen molar-refractivity contribution < 1.29 is 23.8 Å². The van der Waals surface area contributed by atoms with Gasteiger partial charge >= 0.3 is 11.9 Å². The number of carbonyl (C=O) groups excluding carboxylic acids is 2. The zero-order valence-corrected chi connectivity index (χ0v) is 39.2. The molecule has 0 heterocycles. The first kappa shape index (κ1) is 56.8. The van der Waals surface area contributed by atoms with Crippen LogP contribution in [0.5, 0.6) is 0 Å². The summed E-state index contributed by atoms with van der Waals surface area (Å²) in [5, 5.41) is 0. The van der Waals surface area contributed by atoms with E-state index in [9.17, 15) is 9.59 Å². The van der Waals surface area contributed by atoms with Gasteiger partial charge in [0.1, 0.15) is 6.61 Å². The Morgan fingerprint density at radius 2 is 0.750 bits per heavy atom. The molecular weight excluding hydrogens is 741 g/mol. The van der Waals surface area contributed by atoms with E-state index in [-0.39, 0.29) is 25.2 Å². The van der Waals surface area contributed by atoms with Crippen molar-refractivity contribution in [3.8, 4) is 0 Å². The number of allylic oxidation sites excluding steroid dienone is 16. The fourth-order valence-electron chi connectivity index (χ4n) is 6.45. The third-order valence-electron chi connectivity index (χ3n) is 10.1. The van der Waals surface area contributed by atoms with Crippen LogP contribution in [-0.4, -0.2) is 37.9 Å². The molecule has 60 heavy (non-hydrogen) atoms. The SMILES string of the molecule is CC/C=C\C/C=C\C/C=C\CCCCCCCC(=O)OCC(COCCCCCCCC/C=C\C/C=C\CCCCC)OC(=O)CCCCC/C=C\C/C=C\C/C=C\CC. The Hall–Kier alpha value is -3.18. The summed E-state index contributed by atoms with van der Waals surface area (Å²) in [4.78, 5) is 25.3. The predicted octanol–water partition coefficient (Wildman–Crippen LogP) is 16.7. The van der Waals surface area contributed by atoms with E-state index < -0.39 is 6.10 Å². The van der Waals surface area contributed by atoms with Gasteiger partial charge in [-0.2, -0.15) is 0 Å². The minimum absolute atomic E-state index is 0.0549. The van der Waals surface area contributed by atoms with Crippen molar-refractivity contribution in [2.45, 2.75) is 219 Å². The molecule has 0 saturated carbocycles. The van der Waals surface area contributed by atoms with Crippen molar-refractivity contribution >= 4 is 11.9 Å². The average molecular weight is 833 g/mol. The molecule has 5 nitrogen and oxygen atoms in total. The topological polar surface area (TPSA) is 61.8 Å². The Labute approximate surface area is 371 Å². The molecule has 0 aromatic rings. The lowest BCUT2D eigenvalue weighted by molar-refractivity contribution is -0.163. The molecule has 0 aromatic carbocycles. The third-order valence-corrected chi connectivity index (χ3v) is 10.1. The first-order valence-corrected chi connectivity index (χ1v) is 24.8. The fraction of sp³-hybridized carbons (Fsp3) is 0.673. The second-order valence-electron chi connectivity index (χ2n) is 15.9. The molecule has 0 aliphatic heterocycles. The van der Waals surface area contributed by atoms with Gasteiger partial charge in [-0.1, -0.05) is 182 Å². The van der Waals surface area contributed by atoms with Crippen LogP contribution in [0.25, 0.3) is 0 Å². The molecule has 342 valence electrons. The van der Waals surface area contributed by atoms with Crippen molar-refractivity contribution in [1.82, 2.24) is 0 Å². The standard InChI is InChI=1S/C55H92O5/c1-4-7-10-13-16-19-22-25-27-29-32-35-38-41-44-47-50-58-51-53(60-55(57)49-46-43-40-37-34-30-24-21-18-15-12-9-6-3)52-59-54(56)48-45-42-39-36-33-31-28-26-23-20-17-14-11-8-5-2/h8-9,11-12,16-21,25-28,30,34,53H,4-7,10,13-15,22-24,29,31-33,35-52H2,1-3H3/b11-8-,12-9-,19-16-,20-17-,21-18-,27-25-,28-26-,34-30-. The highest BCUT2D eigenvalue weighted by molar-refractivity contribution is 5.70. The second-order valence-corrected chi connectivity index (χ2v) is 15.9. The Morgan fingerprint density at radius 1 is 0.383 bits per heavy atom. The number of carbonyl (C=O) groups is 2. The Kier molecular flexibility index (Phi) is 47.5. The van der Waals surface area contributed by atoms with E-state index in [4.69, 9.17) is 14.2 Å². The van der Waals surface area contributed by atoms with E-state index in [0.29, 0.717) is 19.4 Å². The molecular formula is C55H92O5. The summed E-state index contributed by atoms with van der Waals surface area (Å²) in [6.45, 7) is 7.49. The highest BCUT2D eigenvalue weighted by Gasteiger charge is 2.17. The smallest absolute Gasteiger partial charge is 0.306 e. The van der Waals surface area contributed by atoms with Gasteiger partial charge in [0.25, 0.3) is 0 Å². The Bertz CT molecular complexity index is 1170. The highest BCUT2D eigenvalue weighted by Crippen LogP contribution is 2.12. The third kappa shape index (κ3) is 47.5. The van der Waals surface area contributed by atoms with Gasteiger partial charge in [0.2, 0.25) is 0 Å². The maximum atomic E-state index is 12.8. The molecule has 0 fully saturated rings. The molecule has 1 atom stereocenters. The minimum atomic E-state index is -0.569. The van der Waals surface area contributed by atoms with Crippen molar-refractivity contribution in [3.63, 3.8) is 0 Å². The van der Waals surface area contributed by atoms with Gasteiger partial charge in [0.05, 0.1) is 6.61 Å². The van der Waals surface area contributed by atoms with Gasteiger partial charge in [-0.3, -0.25) is 9.59 Å². The molecule has 0 radical (unpaired) electrons. The van der Waals surface area contributed by atoms with Crippen LogP contribution in [-0.2, 0) is 23.8 Å². The van der Waals surface area contributed by atoms with Gasteiger partial charge in [-0.05, 0) is 116 Å². The highest BCUT2D eigenvalue weighted by atomic mass is 16.6. The maximum Gasteiger partial charge on any atom is 0.306 e. The van der Waals surface area contributed by atoms with Gasteiger partial charge in [0.15, 0.2) is 6.10 Å². The van der Waals surface area contributed by atoms with E-state index in [0.717, 1.165) is 109 Å². The molecule has 0 spiro atoms. The zero-order chi connectivity index (χ0) is 43.5. The molecule has 0 bridgehead atoms. The molecule has 0 aliphatic carbocycles. The van der Waals surface area contributed by atoms with Crippen molar-refractivity contribution in [2.24, 2.45) is 0 Å². The summed E-state index contributed by atoms with van der Waals surface area (Å²) in [5.41, 5.74) is 0. The van der Waals surface area contributed by atoms with E-state index in [2.05, 4.69) is 118 Å². The van der Waals surface area contributed by atoms with Crippen molar-refractivity contribution in [2.75, 3.05) is 19.8 Å². The largest absolute Gasteiger partial charge is 0.462 e. The summed E-state index contributed by atoms with van der Waals surface area (Å²) in [6, 6.07) is 0. The molecule has 5 heteroatoms. The normalized spacial score (nSPS) is 13.1. The van der Waals surface area contributed by atoms with Crippen molar-refractivity contribution in [3.05, 3.63) is 97.2 Å². The second kappa shape index (κ2) is 50.2. The molecule has 0 N–H and O–H groups in total. The van der Waals surface area contributed by atoms with E-state index in [1.165, 1.54) is 70.6 Å². The number of hydrogen-bond acceptors (Lipinski definition) is 5.